The van der Waals surface area contributed by atoms with Crippen molar-refractivity contribution in [2.75, 3.05) is 13.2 Å². The van der Waals surface area contributed by atoms with Crippen molar-refractivity contribution in [1.82, 2.24) is 0 Å². The Kier molecular flexibility index (Phi) is 9.76. The molecule has 2 heterocycles. The lowest BCUT2D eigenvalue weighted by molar-refractivity contribution is -0.391. The van der Waals surface area contributed by atoms with E-state index < -0.39 is 43.6 Å². The van der Waals surface area contributed by atoms with Gasteiger partial charge in [0.1, 0.15) is 30.2 Å². The molecule has 7 unspecified atom stereocenters. The predicted octanol–water partition coefficient (Wildman–Crippen LogP) is 4.85. The Morgan fingerprint density at radius 3 is 2.03 bits per heavy atom. The van der Waals surface area contributed by atoms with Crippen molar-refractivity contribution in [3.8, 4) is 5.75 Å². The van der Waals surface area contributed by atoms with E-state index in [1.807, 2.05) is 36.4 Å². The van der Waals surface area contributed by atoms with Gasteiger partial charge in [0, 0.05) is 11.1 Å². The molecule has 36 heavy (non-hydrogen) atoms. The third-order valence-corrected chi connectivity index (χ3v) is 6.71. The van der Waals surface area contributed by atoms with E-state index in [-0.39, 0.29) is 6.10 Å². The van der Waals surface area contributed by atoms with Crippen molar-refractivity contribution in [2.24, 2.45) is 0 Å². The second-order valence-electron chi connectivity index (χ2n) is 9.59. The maximum Gasteiger partial charge on any atom is 0.184 e. The van der Waals surface area contributed by atoms with E-state index in [1.54, 1.807) is 0 Å². The predicted molar refractivity (Wildman–Crippen MR) is 136 cm³/mol. The minimum atomic E-state index is -1.12. The number of hydrogen-bond acceptors (Lipinski definition) is 7. The van der Waals surface area contributed by atoms with E-state index in [0.717, 1.165) is 49.0 Å². The summed E-state index contributed by atoms with van der Waals surface area (Å²) < 4.78 is 31.1. The Morgan fingerprint density at radius 2 is 1.42 bits per heavy atom. The summed E-state index contributed by atoms with van der Waals surface area (Å²) in [4.78, 5) is 0. The molecule has 0 radical (unpaired) electrons. The molecule has 0 spiro atoms. The van der Waals surface area contributed by atoms with Gasteiger partial charge in [-0.2, -0.15) is 0 Å². The fourth-order valence-corrected chi connectivity index (χ4v) is 4.84. The molecule has 198 valence electrons. The Bertz CT molecular complexity index is 916. The minimum Gasteiger partial charge on any atom is -0.494 e. The van der Waals surface area contributed by atoms with Crippen LogP contribution in [0.3, 0.4) is 0 Å². The average molecular weight is 501 g/mol. The van der Waals surface area contributed by atoms with Crippen LogP contribution in [0.15, 0.2) is 48.5 Å². The standard InChI is InChI=1S/C29H40O7/c1-4-7-19-9-11-20(12-10-19)29-34-25(23(31)18-30)27-26(35-29)24(8-5-2)33-28(36-27)21-13-15-22(16-14-21)32-17-6-3/h9-16,23-31H,4-8,17-18H2,1-3H3. The number of aryl methyl sites for hydroxylation is 1. The Hall–Kier alpha value is -2.00. The molecule has 2 fully saturated rings. The molecule has 2 aromatic carbocycles. The van der Waals surface area contributed by atoms with Gasteiger partial charge >= 0.3 is 0 Å². The van der Waals surface area contributed by atoms with Crippen LogP contribution in [0, 0.1) is 0 Å². The molecule has 2 aliphatic heterocycles. The SMILES string of the molecule is CCCOc1ccc(C2OC(CCC)C3OC(c4ccc(CCC)cc4)OC(C(O)CO)C3O2)cc1. The third kappa shape index (κ3) is 6.28. The molecule has 0 saturated carbocycles. The first kappa shape index (κ1) is 27.0. The van der Waals surface area contributed by atoms with E-state index in [0.29, 0.717) is 6.61 Å². The molecule has 4 rings (SSSR count). The fourth-order valence-electron chi connectivity index (χ4n) is 4.84. The van der Waals surface area contributed by atoms with E-state index in [1.165, 1.54) is 5.56 Å². The van der Waals surface area contributed by atoms with Gasteiger partial charge in [0.25, 0.3) is 0 Å². The highest BCUT2D eigenvalue weighted by atomic mass is 16.8. The van der Waals surface area contributed by atoms with E-state index in [9.17, 15) is 10.2 Å². The van der Waals surface area contributed by atoms with Gasteiger partial charge in [0.2, 0.25) is 0 Å². The van der Waals surface area contributed by atoms with Gasteiger partial charge in [-0.3, -0.25) is 0 Å². The van der Waals surface area contributed by atoms with Crippen molar-refractivity contribution in [3.05, 3.63) is 65.2 Å². The van der Waals surface area contributed by atoms with Gasteiger partial charge < -0.3 is 33.9 Å². The maximum atomic E-state index is 10.7. The highest BCUT2D eigenvalue weighted by molar-refractivity contribution is 5.28. The Labute approximate surface area is 214 Å². The van der Waals surface area contributed by atoms with E-state index in [2.05, 4.69) is 32.9 Å². The lowest BCUT2D eigenvalue weighted by Crippen LogP contribution is -2.61. The van der Waals surface area contributed by atoms with Crippen LogP contribution in [0.25, 0.3) is 0 Å². The second-order valence-corrected chi connectivity index (χ2v) is 9.59. The first-order valence-electron chi connectivity index (χ1n) is 13.3. The number of rotatable bonds is 11. The van der Waals surface area contributed by atoms with Crippen LogP contribution < -0.4 is 4.74 Å². The molecule has 2 aromatic rings. The smallest absolute Gasteiger partial charge is 0.184 e. The van der Waals surface area contributed by atoms with Crippen molar-refractivity contribution >= 4 is 0 Å². The van der Waals surface area contributed by atoms with Gasteiger partial charge in [-0.05, 0) is 37.0 Å². The summed E-state index contributed by atoms with van der Waals surface area (Å²) in [5, 5.41) is 20.5. The van der Waals surface area contributed by atoms with Crippen LogP contribution in [0.5, 0.6) is 5.75 Å². The molecular weight excluding hydrogens is 460 g/mol. The molecule has 0 bridgehead atoms. The van der Waals surface area contributed by atoms with Gasteiger partial charge in [-0.1, -0.05) is 70.0 Å². The molecular formula is C29H40O7. The van der Waals surface area contributed by atoms with Crippen molar-refractivity contribution in [3.63, 3.8) is 0 Å². The molecule has 7 nitrogen and oxygen atoms in total. The summed E-state index contributed by atoms with van der Waals surface area (Å²) in [6.45, 7) is 6.55. The van der Waals surface area contributed by atoms with Crippen molar-refractivity contribution < 1.29 is 33.9 Å². The van der Waals surface area contributed by atoms with Crippen molar-refractivity contribution in [2.45, 2.75) is 96.0 Å². The van der Waals surface area contributed by atoms with Crippen LogP contribution in [-0.4, -0.2) is 53.9 Å². The zero-order valence-electron chi connectivity index (χ0n) is 21.5. The van der Waals surface area contributed by atoms with Gasteiger partial charge in [-0.15, -0.1) is 0 Å². The summed E-state index contributed by atoms with van der Waals surface area (Å²) in [6.07, 6.45) is 0.166. The van der Waals surface area contributed by atoms with E-state index >= 15 is 0 Å². The molecule has 2 N–H and O–H groups in total. The number of benzene rings is 2. The lowest BCUT2D eigenvalue weighted by Gasteiger charge is -2.50. The van der Waals surface area contributed by atoms with Gasteiger partial charge in [0.05, 0.1) is 19.3 Å². The highest BCUT2D eigenvalue weighted by Crippen LogP contribution is 2.42. The van der Waals surface area contributed by atoms with Crippen molar-refractivity contribution in [1.29, 1.82) is 0 Å². The van der Waals surface area contributed by atoms with E-state index in [4.69, 9.17) is 23.7 Å². The zero-order valence-corrected chi connectivity index (χ0v) is 21.5. The topological polar surface area (TPSA) is 86.6 Å². The summed E-state index contributed by atoms with van der Waals surface area (Å²) in [5.41, 5.74) is 2.97. The van der Waals surface area contributed by atoms with Crippen LogP contribution in [-0.2, 0) is 25.4 Å². The van der Waals surface area contributed by atoms with Crippen LogP contribution in [0.4, 0.5) is 0 Å². The number of fused-ring (bicyclic) bond motifs is 1. The lowest BCUT2D eigenvalue weighted by atomic mass is 9.93. The monoisotopic (exact) mass is 500 g/mol. The third-order valence-electron chi connectivity index (χ3n) is 6.71. The van der Waals surface area contributed by atoms with Gasteiger partial charge in [0.15, 0.2) is 12.6 Å². The first-order valence-corrected chi connectivity index (χ1v) is 13.3. The quantitative estimate of drug-likeness (QED) is 0.456. The number of hydrogen-bond donors (Lipinski definition) is 2. The molecule has 0 amide bonds. The minimum absolute atomic E-state index is 0.256. The van der Waals surface area contributed by atoms with Crippen LogP contribution in [0.1, 0.15) is 75.7 Å². The fraction of sp³-hybridized carbons (Fsp3) is 0.586. The average Bonchev–Trinajstić information content (AvgIpc) is 2.92. The second kappa shape index (κ2) is 13.0. The number of aliphatic hydroxyl groups is 2. The molecule has 0 aliphatic carbocycles. The summed E-state index contributed by atoms with van der Waals surface area (Å²) >= 11 is 0. The molecule has 7 heteroatoms. The molecule has 7 atom stereocenters. The largest absolute Gasteiger partial charge is 0.494 e. The van der Waals surface area contributed by atoms with Crippen LogP contribution >= 0.6 is 0 Å². The summed E-state index contributed by atoms with van der Waals surface area (Å²) in [7, 11) is 0. The van der Waals surface area contributed by atoms with Crippen LogP contribution in [0.2, 0.25) is 0 Å². The maximum absolute atomic E-state index is 10.7. The Balaban J connectivity index is 1.57. The summed E-state index contributed by atoms with van der Waals surface area (Å²) in [5.74, 6) is 0.796. The van der Waals surface area contributed by atoms with Gasteiger partial charge in [-0.25, -0.2) is 0 Å². The summed E-state index contributed by atoms with van der Waals surface area (Å²) in [6, 6.07) is 15.8. The Morgan fingerprint density at radius 1 is 0.778 bits per heavy atom. The zero-order chi connectivity index (χ0) is 25.5. The normalized spacial score (nSPS) is 28.9. The number of ether oxygens (including phenoxy) is 5. The first-order chi connectivity index (χ1) is 17.6. The molecule has 2 saturated heterocycles. The highest BCUT2D eigenvalue weighted by Gasteiger charge is 2.51. The molecule has 0 aromatic heterocycles. The molecule has 2 aliphatic rings. The number of aliphatic hydroxyl groups excluding tert-OH is 2.